The largest absolute Gasteiger partial charge is 0.346 e. The lowest BCUT2D eigenvalue weighted by Crippen LogP contribution is -2.37. The highest BCUT2D eigenvalue weighted by atomic mass is 32.1. The molecule has 0 atom stereocenters. The van der Waals surface area contributed by atoms with Gasteiger partial charge in [0.2, 0.25) is 5.01 Å². The standard InChI is InChI=1S/C18H17N7O3S/c1-23-14-13(17(27)24(2)18(23)28)25(10-20-14)9-12-21-22-16(29-12)15(26)19-8-11-6-4-3-5-7-11/h3-7,10H,8-9H2,1-2H3,(H,19,26). The lowest BCUT2D eigenvalue weighted by molar-refractivity contribution is 0.0950. The third-order valence-electron chi connectivity index (χ3n) is 4.48. The van der Waals surface area contributed by atoms with Crippen LogP contribution in [0.15, 0.2) is 46.2 Å². The number of hydrogen-bond acceptors (Lipinski definition) is 7. The van der Waals surface area contributed by atoms with E-state index in [2.05, 4.69) is 20.5 Å². The van der Waals surface area contributed by atoms with E-state index in [4.69, 9.17) is 0 Å². The van der Waals surface area contributed by atoms with Crippen LogP contribution in [0, 0.1) is 0 Å². The number of aromatic nitrogens is 6. The van der Waals surface area contributed by atoms with Gasteiger partial charge in [0.25, 0.3) is 11.5 Å². The summed E-state index contributed by atoms with van der Waals surface area (Å²) >= 11 is 1.14. The molecule has 4 aromatic rings. The fraction of sp³-hybridized carbons (Fsp3) is 0.222. The molecular weight excluding hydrogens is 394 g/mol. The van der Waals surface area contributed by atoms with Gasteiger partial charge in [0.1, 0.15) is 5.01 Å². The first-order chi connectivity index (χ1) is 14.0. The van der Waals surface area contributed by atoms with Gasteiger partial charge in [0.15, 0.2) is 11.2 Å². The van der Waals surface area contributed by atoms with Crippen LogP contribution in [-0.2, 0) is 27.2 Å². The van der Waals surface area contributed by atoms with Crippen molar-refractivity contribution in [1.29, 1.82) is 0 Å². The van der Waals surface area contributed by atoms with Crippen molar-refractivity contribution < 1.29 is 4.79 Å². The zero-order valence-electron chi connectivity index (χ0n) is 15.7. The lowest BCUT2D eigenvalue weighted by Gasteiger charge is -2.05. The van der Waals surface area contributed by atoms with Crippen LogP contribution in [0.2, 0.25) is 0 Å². The number of rotatable bonds is 5. The molecule has 0 aliphatic carbocycles. The summed E-state index contributed by atoms with van der Waals surface area (Å²) in [5.41, 5.74) is 0.687. The Morgan fingerprint density at radius 3 is 2.62 bits per heavy atom. The molecule has 11 heteroatoms. The highest BCUT2D eigenvalue weighted by Gasteiger charge is 2.17. The minimum Gasteiger partial charge on any atom is -0.346 e. The van der Waals surface area contributed by atoms with Gasteiger partial charge in [-0.2, -0.15) is 0 Å². The van der Waals surface area contributed by atoms with E-state index in [1.807, 2.05) is 30.3 Å². The summed E-state index contributed by atoms with van der Waals surface area (Å²) in [7, 11) is 2.98. The molecule has 3 heterocycles. The summed E-state index contributed by atoms with van der Waals surface area (Å²) in [6.45, 7) is 0.610. The molecule has 1 N–H and O–H groups in total. The summed E-state index contributed by atoms with van der Waals surface area (Å²) in [6.07, 6.45) is 1.47. The van der Waals surface area contributed by atoms with E-state index < -0.39 is 11.2 Å². The molecule has 148 valence electrons. The molecule has 0 radical (unpaired) electrons. The van der Waals surface area contributed by atoms with E-state index in [0.717, 1.165) is 21.5 Å². The first-order valence-electron chi connectivity index (χ1n) is 8.71. The highest BCUT2D eigenvalue weighted by Crippen LogP contribution is 2.14. The first-order valence-corrected chi connectivity index (χ1v) is 9.52. The van der Waals surface area contributed by atoms with Gasteiger partial charge in [-0.1, -0.05) is 41.7 Å². The molecule has 29 heavy (non-hydrogen) atoms. The molecule has 0 spiro atoms. The maximum absolute atomic E-state index is 12.5. The number of carbonyl (C=O) groups excluding carboxylic acids is 1. The number of fused-ring (bicyclic) bond motifs is 1. The second-order valence-corrected chi connectivity index (χ2v) is 7.48. The second kappa shape index (κ2) is 7.43. The van der Waals surface area contributed by atoms with E-state index in [1.165, 1.54) is 17.9 Å². The number of nitrogens with one attached hydrogen (secondary N) is 1. The number of amides is 1. The highest BCUT2D eigenvalue weighted by molar-refractivity contribution is 7.13. The topological polar surface area (TPSA) is 117 Å². The van der Waals surface area contributed by atoms with E-state index in [0.29, 0.717) is 22.7 Å². The van der Waals surface area contributed by atoms with E-state index in [-0.39, 0.29) is 17.5 Å². The molecule has 0 unspecified atom stereocenters. The van der Waals surface area contributed by atoms with Crippen molar-refractivity contribution in [2.24, 2.45) is 14.1 Å². The molecule has 4 rings (SSSR count). The predicted molar refractivity (Wildman–Crippen MR) is 107 cm³/mol. The first kappa shape index (κ1) is 18.7. The van der Waals surface area contributed by atoms with Gasteiger partial charge in [-0.15, -0.1) is 10.2 Å². The summed E-state index contributed by atoms with van der Waals surface area (Å²) in [5.74, 6) is -0.314. The van der Waals surface area contributed by atoms with E-state index in [9.17, 15) is 14.4 Å². The van der Waals surface area contributed by atoms with Gasteiger partial charge < -0.3 is 9.88 Å². The Hall–Kier alpha value is -3.60. The molecule has 0 bridgehead atoms. The molecule has 1 aromatic carbocycles. The summed E-state index contributed by atoms with van der Waals surface area (Å²) in [6, 6.07) is 9.56. The van der Waals surface area contributed by atoms with Crippen molar-refractivity contribution in [2.75, 3.05) is 0 Å². The van der Waals surface area contributed by atoms with Crippen molar-refractivity contribution in [3.63, 3.8) is 0 Å². The number of hydrogen-bond donors (Lipinski definition) is 1. The van der Waals surface area contributed by atoms with Crippen LogP contribution in [0.3, 0.4) is 0 Å². The van der Waals surface area contributed by atoms with Gasteiger partial charge in [-0.25, -0.2) is 9.78 Å². The molecule has 0 saturated carbocycles. The van der Waals surface area contributed by atoms with Gasteiger partial charge in [-0.05, 0) is 5.56 Å². The third kappa shape index (κ3) is 3.47. The maximum Gasteiger partial charge on any atom is 0.332 e. The van der Waals surface area contributed by atoms with Crippen molar-refractivity contribution in [3.05, 3.63) is 73.1 Å². The number of carbonyl (C=O) groups is 1. The molecule has 0 saturated heterocycles. The molecule has 0 fully saturated rings. The predicted octanol–water partition coefficient (Wildman–Crippen LogP) is 0.263. The number of nitrogens with zero attached hydrogens (tertiary/aromatic N) is 6. The van der Waals surface area contributed by atoms with Crippen molar-refractivity contribution in [2.45, 2.75) is 13.1 Å². The lowest BCUT2D eigenvalue weighted by atomic mass is 10.2. The molecule has 0 aliphatic heterocycles. The van der Waals surface area contributed by atoms with Crippen molar-refractivity contribution >= 4 is 28.4 Å². The summed E-state index contributed by atoms with van der Waals surface area (Å²) < 4.78 is 3.95. The van der Waals surface area contributed by atoms with Crippen molar-refractivity contribution in [1.82, 2.24) is 34.2 Å². The van der Waals surface area contributed by atoms with Crippen LogP contribution >= 0.6 is 11.3 Å². The second-order valence-electron chi connectivity index (χ2n) is 6.42. The van der Waals surface area contributed by atoms with Gasteiger partial charge in [-0.3, -0.25) is 18.7 Å². The van der Waals surface area contributed by atoms with Crippen LogP contribution in [0.4, 0.5) is 0 Å². The SMILES string of the molecule is Cn1c(=O)c2c(ncn2Cc2nnc(C(=O)NCc3ccccc3)s2)n(C)c1=O. The van der Waals surface area contributed by atoms with Crippen LogP contribution < -0.4 is 16.6 Å². The third-order valence-corrected chi connectivity index (χ3v) is 5.39. The number of aryl methyl sites for hydroxylation is 1. The smallest absolute Gasteiger partial charge is 0.332 e. The average molecular weight is 411 g/mol. The molecule has 10 nitrogen and oxygen atoms in total. The Morgan fingerprint density at radius 2 is 1.86 bits per heavy atom. The number of imidazole rings is 1. The maximum atomic E-state index is 12.5. The van der Waals surface area contributed by atoms with Crippen LogP contribution in [0.1, 0.15) is 20.4 Å². The Morgan fingerprint density at radius 1 is 1.10 bits per heavy atom. The molecule has 1 amide bonds. The summed E-state index contributed by atoms with van der Waals surface area (Å²) in [4.78, 5) is 41.0. The summed E-state index contributed by atoms with van der Waals surface area (Å²) in [5, 5.41) is 11.6. The Bertz CT molecular complexity index is 1320. The minimum atomic E-state index is -0.443. The van der Waals surface area contributed by atoms with E-state index in [1.54, 1.807) is 11.6 Å². The average Bonchev–Trinajstić information content (AvgIpc) is 3.37. The van der Waals surface area contributed by atoms with Gasteiger partial charge in [0.05, 0.1) is 12.9 Å². The minimum absolute atomic E-state index is 0.216. The Kier molecular flexibility index (Phi) is 4.80. The fourth-order valence-corrected chi connectivity index (χ4v) is 3.68. The Labute approximate surface area is 168 Å². The quantitative estimate of drug-likeness (QED) is 0.504. The molecular formula is C18H17N7O3S. The van der Waals surface area contributed by atoms with Gasteiger partial charge >= 0.3 is 5.69 Å². The van der Waals surface area contributed by atoms with Gasteiger partial charge in [0, 0.05) is 20.6 Å². The van der Waals surface area contributed by atoms with Crippen LogP contribution in [0.5, 0.6) is 0 Å². The monoisotopic (exact) mass is 411 g/mol. The number of benzene rings is 1. The molecule has 3 aromatic heterocycles. The van der Waals surface area contributed by atoms with Crippen molar-refractivity contribution in [3.8, 4) is 0 Å². The van der Waals surface area contributed by atoms with E-state index >= 15 is 0 Å². The Balaban J connectivity index is 1.55. The van der Waals surface area contributed by atoms with Crippen LogP contribution in [-0.4, -0.2) is 34.8 Å². The zero-order chi connectivity index (χ0) is 20.5. The van der Waals surface area contributed by atoms with Crippen LogP contribution in [0.25, 0.3) is 11.2 Å². The fourth-order valence-electron chi connectivity index (χ4n) is 2.93. The molecule has 0 aliphatic rings. The zero-order valence-corrected chi connectivity index (χ0v) is 16.5. The normalized spacial score (nSPS) is 11.1.